The fourth-order valence-electron chi connectivity index (χ4n) is 8.13. The number of anilines is 5. The molecule has 23 heteroatoms. The molecule has 0 saturated carbocycles. The Hall–Kier alpha value is -3.02. The first-order valence-electron chi connectivity index (χ1n) is 21.6. The summed E-state index contributed by atoms with van der Waals surface area (Å²) < 4.78 is 17.5. The molecule has 0 radical (unpaired) electrons. The molecule has 0 aliphatic carbocycles. The number of rotatable bonds is 8. The summed E-state index contributed by atoms with van der Waals surface area (Å²) in [6.45, 7) is 21.0. The number of halogens is 4. The first-order chi connectivity index (χ1) is 30.7. The summed E-state index contributed by atoms with van der Waals surface area (Å²) in [4.78, 5) is 52.6. The number of carbonyl (C=O) groups is 3. The first-order valence-corrected chi connectivity index (χ1v) is 23.2. The maximum atomic E-state index is 12.3. The second-order valence-electron chi connectivity index (χ2n) is 17.2. The first kappa shape index (κ1) is 65.0. The van der Waals surface area contributed by atoms with Gasteiger partial charge in [-0.15, -0.1) is 35.1 Å². The molecule has 2 fully saturated rings. The molecule has 8 rings (SSSR count). The van der Waals surface area contributed by atoms with Crippen LogP contribution in [0.3, 0.4) is 0 Å². The average molecular weight is 1110 g/mol. The van der Waals surface area contributed by atoms with E-state index in [4.69, 9.17) is 19.2 Å². The maximum absolute atomic E-state index is 12.3. The van der Waals surface area contributed by atoms with Gasteiger partial charge in [0.2, 0.25) is 0 Å². The van der Waals surface area contributed by atoms with Crippen molar-refractivity contribution < 1.29 is 133 Å². The molecule has 2 saturated heterocycles. The molecule has 6 heterocycles. The largest absolute Gasteiger partial charge is 1.00 e. The van der Waals surface area contributed by atoms with Gasteiger partial charge in [-0.3, -0.25) is 4.90 Å². The van der Waals surface area contributed by atoms with Crippen molar-refractivity contribution >= 4 is 104 Å². The molecule has 1 amide bonds. The smallest absolute Gasteiger partial charge is 1.00 e. The van der Waals surface area contributed by atoms with E-state index in [0.717, 1.165) is 97.3 Å². The van der Waals surface area contributed by atoms with Crippen LogP contribution in [0, 0.1) is 13.8 Å². The predicted molar refractivity (Wildman–Crippen MR) is 269 cm³/mol. The van der Waals surface area contributed by atoms with Gasteiger partial charge in [0.05, 0.1) is 42.4 Å². The van der Waals surface area contributed by atoms with Crippen molar-refractivity contribution in [1.82, 2.24) is 15.1 Å². The summed E-state index contributed by atoms with van der Waals surface area (Å²) in [5.41, 5.74) is 5.77. The summed E-state index contributed by atoms with van der Waals surface area (Å²) in [6, 6.07) is 19.6. The van der Waals surface area contributed by atoms with Gasteiger partial charge >= 0.3 is 69.4 Å². The van der Waals surface area contributed by atoms with Crippen LogP contribution >= 0.6 is 35.1 Å². The zero-order valence-electron chi connectivity index (χ0n) is 41.3. The third-order valence-electron chi connectivity index (χ3n) is 11.3. The van der Waals surface area contributed by atoms with Crippen molar-refractivity contribution in [3.63, 3.8) is 0 Å². The average Bonchev–Trinajstić information content (AvgIpc) is 3.73. The van der Waals surface area contributed by atoms with Gasteiger partial charge in [-0.1, -0.05) is 31.7 Å². The fourth-order valence-corrected chi connectivity index (χ4v) is 9.98. The number of methoxy groups -OCH3 is 2. The molecule has 4 aliphatic rings. The van der Waals surface area contributed by atoms with Crippen LogP contribution in [-0.4, -0.2) is 148 Å². The monoisotopic (exact) mass is 1110 g/mol. The summed E-state index contributed by atoms with van der Waals surface area (Å²) in [7, 11) is 2.74. The molecular weight excluding hydrogens is 1050 g/mol. The minimum Gasteiger partial charge on any atom is -1.00 e. The molecular formula is C47H67Cl4KN10O6S2. The van der Waals surface area contributed by atoms with Gasteiger partial charge in [0, 0.05) is 42.5 Å². The van der Waals surface area contributed by atoms with Crippen molar-refractivity contribution in [3.8, 4) is 0 Å². The number of benzene rings is 2. The van der Waals surface area contributed by atoms with E-state index in [0.29, 0.717) is 13.1 Å². The molecule has 2 aromatic heterocycles. The number of ether oxygens (including phenoxy) is 3. The topological polar surface area (TPSA) is 167 Å². The van der Waals surface area contributed by atoms with Crippen molar-refractivity contribution in [2.45, 2.75) is 59.7 Å². The van der Waals surface area contributed by atoms with Crippen LogP contribution in [0.1, 0.15) is 50.5 Å². The van der Waals surface area contributed by atoms with Gasteiger partial charge in [0.25, 0.3) is 11.9 Å². The quantitative estimate of drug-likeness (QED) is 0.0327. The number of hydrogen-bond donors (Lipinski definition) is 6. The summed E-state index contributed by atoms with van der Waals surface area (Å²) in [6.07, 6.45) is -0.633. The Morgan fingerprint density at radius 2 is 1.39 bits per heavy atom. The number of aliphatic imine (C=N–C) groups is 1. The Balaban J connectivity index is 0.00000127. The van der Waals surface area contributed by atoms with Crippen molar-refractivity contribution in [3.05, 3.63) is 81.5 Å². The summed E-state index contributed by atoms with van der Waals surface area (Å²) >= 11 is 3.51. The Morgan fingerprint density at radius 3 is 1.96 bits per heavy atom. The van der Waals surface area contributed by atoms with Gasteiger partial charge in [0.15, 0.2) is 6.54 Å². The molecule has 2 atom stereocenters. The number of fused-ring (bicyclic) bond motifs is 4. The number of para-hydroxylation sites is 4. The number of piperazine rings is 2. The molecule has 6 N–H and O–H groups in total. The summed E-state index contributed by atoms with van der Waals surface area (Å²) in [5.74, 6) is 1.36. The number of alkyl carbamates (subject to hydrolysis) is 1. The van der Waals surface area contributed by atoms with Crippen LogP contribution < -0.4 is 120 Å². The minimum atomic E-state index is -0.807. The molecule has 4 aromatic rings. The Kier molecular flexibility index (Phi) is 27.5. The summed E-state index contributed by atoms with van der Waals surface area (Å²) in [5, 5.41) is 15.7. The van der Waals surface area contributed by atoms with E-state index in [9.17, 15) is 14.4 Å². The maximum Gasteiger partial charge on any atom is 1.00 e. The van der Waals surface area contributed by atoms with Crippen molar-refractivity contribution in [2.24, 2.45) is 4.99 Å². The molecule has 0 bridgehead atoms. The molecule has 2 aromatic carbocycles. The van der Waals surface area contributed by atoms with E-state index < -0.39 is 23.7 Å². The second-order valence-corrected chi connectivity index (χ2v) is 19.7. The Labute approximate surface area is 489 Å². The van der Waals surface area contributed by atoms with Crippen LogP contribution in [0.15, 0.2) is 65.7 Å². The number of thiophene rings is 2. The van der Waals surface area contributed by atoms with E-state index in [-0.39, 0.29) is 122 Å². The number of esters is 2. The fraction of sp³-hybridized carbons (Fsp3) is 0.447. The van der Waals surface area contributed by atoms with Gasteiger partial charge in [-0.2, -0.15) is 0 Å². The van der Waals surface area contributed by atoms with Crippen LogP contribution in [0.5, 0.6) is 0 Å². The standard InChI is InChI=1S/C25H33N5O4S.C21H25N5O2S.CH4.4ClH.K.H/c1-16-14-17-21(26-18-8-6-7-9-19(18)27-22(17)35-16)30-12-10-29(11-13-30)15-20(23(31)33-5)28-24(32)34-25(2,3)4;1-14-12-15-19(23-16-6-4-5-7-17(16)24-20(15)29-14)26-10-8-25(9-11-26)13-18(22-2)21(27)28-3;;;;;;;/h6-9,14,20,27H,10-13,15H2,1-5H3,(H,28,32);4-7,12,18H,2,8-11,13H2,1,3H3,(H,23,24);1H4;4*1H;;/q;;;;;;;+1;-1. The van der Waals surface area contributed by atoms with E-state index >= 15 is 0 Å². The minimum absolute atomic E-state index is 0. The number of amidine groups is 2. The third kappa shape index (κ3) is 16.8. The SMILES string of the molecule is C.C=[NH+]C(C[NH+]1CC[N+](=C2Nc3ccccc3Nc3sc(C)cc32)CC1)C(=O)OC.COC(=O)C(CN1CCN(C2=Nc3ccccc3Nc3sc(C)cc32)CC1)NC(=O)OC(C)(C)C.Cl.[Cl-].[Cl-].[Cl-].[H-].[K+]. The van der Waals surface area contributed by atoms with Gasteiger partial charge in [-0.05, 0) is 71.0 Å². The predicted octanol–water partition coefficient (Wildman–Crippen LogP) is -7.73. The van der Waals surface area contributed by atoms with Crippen molar-refractivity contribution in [2.75, 3.05) is 95.6 Å². The van der Waals surface area contributed by atoms with Crippen molar-refractivity contribution in [1.29, 1.82) is 0 Å². The molecule has 16 nitrogen and oxygen atoms in total. The number of quaternary nitrogens is 1. The second kappa shape index (κ2) is 29.6. The van der Waals surface area contributed by atoms with E-state index in [1.165, 1.54) is 39.4 Å². The molecule has 0 spiro atoms. The van der Waals surface area contributed by atoms with Crippen LogP contribution in [0.25, 0.3) is 0 Å². The van der Waals surface area contributed by atoms with Gasteiger partial charge in [0.1, 0.15) is 66.1 Å². The zero-order chi connectivity index (χ0) is 45.5. The van der Waals surface area contributed by atoms with Crippen LogP contribution in [0.4, 0.5) is 37.5 Å². The molecule has 70 heavy (non-hydrogen) atoms. The normalized spacial score (nSPS) is 16.3. The number of nitrogens with one attached hydrogen (secondary N) is 6. The molecule has 4 aliphatic heterocycles. The van der Waals surface area contributed by atoms with Gasteiger partial charge in [-0.25, -0.2) is 34.3 Å². The zero-order valence-corrected chi connectivity index (χ0v) is 48.1. The van der Waals surface area contributed by atoms with E-state index in [2.05, 4.69) is 97.6 Å². The van der Waals surface area contributed by atoms with E-state index in [1.54, 1.807) is 43.4 Å². The Morgan fingerprint density at radius 1 is 0.857 bits per heavy atom. The third-order valence-corrected chi connectivity index (χ3v) is 13.2. The number of amides is 1. The van der Waals surface area contributed by atoms with Crippen LogP contribution in [-0.2, 0) is 23.8 Å². The van der Waals surface area contributed by atoms with E-state index in [1.807, 2.05) is 24.3 Å². The van der Waals surface area contributed by atoms with Gasteiger partial charge < -0.3 is 78.6 Å². The number of hydrogen-bond acceptors (Lipinski definition) is 13. The molecule has 382 valence electrons. The number of aryl methyl sites for hydroxylation is 2. The number of nitrogens with zero attached hydrogens (tertiary/aromatic N) is 4. The van der Waals surface area contributed by atoms with Crippen LogP contribution in [0.2, 0.25) is 0 Å². The molecule has 2 unspecified atom stereocenters. The number of carbonyl (C=O) groups excluding carboxylic acids is 3. The Bertz CT molecular complexity index is 2440.